The third-order valence-electron chi connectivity index (χ3n) is 3.73. The quantitative estimate of drug-likeness (QED) is 0.414. The van der Waals surface area contributed by atoms with E-state index in [0.717, 1.165) is 22.4 Å². The van der Waals surface area contributed by atoms with Crippen LogP contribution in [0.25, 0.3) is 0 Å². The number of nitrogens with zero attached hydrogens (tertiary/aromatic N) is 3. The van der Waals surface area contributed by atoms with Crippen LogP contribution in [0.3, 0.4) is 0 Å². The fourth-order valence-corrected chi connectivity index (χ4v) is 4.47. The average molecular weight is 472 g/mol. The first-order valence-corrected chi connectivity index (χ1v) is 9.89. The maximum absolute atomic E-state index is 12.1. The molecule has 1 N–H and O–H groups in total. The molecule has 1 aromatic rings. The van der Waals surface area contributed by atoms with E-state index in [1.807, 2.05) is 24.9 Å². The van der Waals surface area contributed by atoms with Crippen LogP contribution in [-0.2, 0) is 16.4 Å². The van der Waals surface area contributed by atoms with Crippen molar-refractivity contribution in [2.75, 3.05) is 25.4 Å². The largest absolute Gasteiger partial charge is 0.357 e. The SMILES string of the molecule is CCNC(=NCc1cnc(C)s1)N1CCS(=O)(=O)C(C)(C)C1.I. The van der Waals surface area contributed by atoms with Gasteiger partial charge in [-0.2, -0.15) is 0 Å². The van der Waals surface area contributed by atoms with Gasteiger partial charge in [-0.25, -0.2) is 18.4 Å². The first-order valence-electron chi connectivity index (χ1n) is 7.42. The Morgan fingerprint density at radius 3 is 2.74 bits per heavy atom. The zero-order chi connectivity index (χ0) is 16.4. The Morgan fingerprint density at radius 2 is 2.22 bits per heavy atom. The van der Waals surface area contributed by atoms with Crippen LogP contribution in [-0.4, -0.2) is 54.4 Å². The second-order valence-electron chi connectivity index (χ2n) is 6.02. The lowest BCUT2D eigenvalue weighted by molar-refractivity contribution is 0.353. The molecule has 1 aliphatic heterocycles. The number of hydrogen-bond donors (Lipinski definition) is 1. The van der Waals surface area contributed by atoms with Gasteiger partial charge in [0, 0.05) is 30.7 Å². The lowest BCUT2D eigenvalue weighted by atomic mass is 10.2. The van der Waals surface area contributed by atoms with Gasteiger partial charge in [-0.15, -0.1) is 35.3 Å². The highest BCUT2D eigenvalue weighted by atomic mass is 127. The third-order valence-corrected chi connectivity index (χ3v) is 7.16. The smallest absolute Gasteiger partial charge is 0.194 e. The Balaban J connectivity index is 0.00000264. The number of rotatable bonds is 3. The van der Waals surface area contributed by atoms with Crippen LogP contribution in [0.4, 0.5) is 0 Å². The molecule has 9 heteroatoms. The molecule has 1 aromatic heterocycles. The van der Waals surface area contributed by atoms with E-state index < -0.39 is 14.6 Å². The van der Waals surface area contributed by atoms with Crippen molar-refractivity contribution in [1.82, 2.24) is 15.2 Å². The maximum atomic E-state index is 12.1. The molecular formula is C14H25IN4O2S2. The topological polar surface area (TPSA) is 74.7 Å². The summed E-state index contributed by atoms with van der Waals surface area (Å²) in [6.45, 7) is 9.82. The molecule has 0 radical (unpaired) electrons. The fourth-order valence-electron chi connectivity index (χ4n) is 2.38. The summed E-state index contributed by atoms with van der Waals surface area (Å²) in [5, 5.41) is 4.29. The highest BCUT2D eigenvalue weighted by molar-refractivity contribution is 14.0. The summed E-state index contributed by atoms with van der Waals surface area (Å²) in [7, 11) is -3.04. The maximum Gasteiger partial charge on any atom is 0.194 e. The van der Waals surface area contributed by atoms with Crippen LogP contribution in [0.2, 0.25) is 0 Å². The summed E-state index contributed by atoms with van der Waals surface area (Å²) in [4.78, 5) is 12.0. The van der Waals surface area contributed by atoms with E-state index in [9.17, 15) is 8.42 Å². The molecule has 1 saturated heterocycles. The van der Waals surface area contributed by atoms with Gasteiger partial charge < -0.3 is 10.2 Å². The second-order valence-corrected chi connectivity index (χ2v) is 10.1. The zero-order valence-corrected chi connectivity index (χ0v) is 18.0. The standard InChI is InChI=1S/C14H24N4O2S2.HI/c1-5-15-13(17-9-12-8-16-11(2)21-12)18-6-7-22(19,20)14(3,4)10-18;/h8H,5-7,9-10H2,1-4H3,(H,15,17);1H. The minimum absolute atomic E-state index is 0. The minimum Gasteiger partial charge on any atom is -0.357 e. The van der Waals surface area contributed by atoms with E-state index in [1.54, 1.807) is 25.2 Å². The number of guanidine groups is 1. The molecule has 0 aliphatic carbocycles. The number of sulfone groups is 1. The van der Waals surface area contributed by atoms with Crippen molar-refractivity contribution in [2.45, 2.75) is 39.0 Å². The number of thiazole rings is 1. The van der Waals surface area contributed by atoms with E-state index in [-0.39, 0.29) is 29.7 Å². The first-order chi connectivity index (χ1) is 10.2. The molecule has 132 valence electrons. The monoisotopic (exact) mass is 472 g/mol. The van der Waals surface area contributed by atoms with Crippen molar-refractivity contribution in [3.05, 3.63) is 16.1 Å². The minimum atomic E-state index is -3.04. The summed E-state index contributed by atoms with van der Waals surface area (Å²) in [6.07, 6.45) is 1.84. The van der Waals surface area contributed by atoms with Crippen molar-refractivity contribution in [3.8, 4) is 0 Å². The predicted molar refractivity (Wildman–Crippen MR) is 107 cm³/mol. The van der Waals surface area contributed by atoms with Crippen LogP contribution in [0.5, 0.6) is 0 Å². The number of aryl methyl sites for hydroxylation is 1. The van der Waals surface area contributed by atoms with Crippen molar-refractivity contribution in [2.24, 2.45) is 4.99 Å². The summed E-state index contributed by atoms with van der Waals surface area (Å²) in [5.74, 6) is 0.945. The van der Waals surface area contributed by atoms with Crippen LogP contribution in [0.15, 0.2) is 11.2 Å². The average Bonchev–Trinajstić information content (AvgIpc) is 2.84. The van der Waals surface area contributed by atoms with Gasteiger partial charge in [-0.05, 0) is 27.7 Å². The van der Waals surface area contributed by atoms with Crippen LogP contribution >= 0.6 is 35.3 Å². The molecule has 2 heterocycles. The van der Waals surface area contributed by atoms with Gasteiger partial charge >= 0.3 is 0 Å². The Kier molecular flexibility index (Phi) is 7.27. The number of halogens is 1. The van der Waals surface area contributed by atoms with Gasteiger partial charge in [0.05, 0.1) is 22.1 Å². The van der Waals surface area contributed by atoms with Crippen molar-refractivity contribution in [3.63, 3.8) is 0 Å². The summed E-state index contributed by atoms with van der Waals surface area (Å²) >= 11 is 1.63. The van der Waals surface area contributed by atoms with E-state index in [4.69, 9.17) is 0 Å². The van der Waals surface area contributed by atoms with Gasteiger partial charge in [0.2, 0.25) is 0 Å². The number of nitrogens with one attached hydrogen (secondary N) is 1. The molecule has 0 saturated carbocycles. The molecule has 1 fully saturated rings. The van der Waals surface area contributed by atoms with Gasteiger partial charge in [0.25, 0.3) is 0 Å². The predicted octanol–water partition coefficient (Wildman–Crippen LogP) is 2.04. The highest BCUT2D eigenvalue weighted by Gasteiger charge is 2.40. The number of aliphatic imine (C=N–C) groups is 1. The Bertz CT molecular complexity index is 655. The van der Waals surface area contributed by atoms with E-state index >= 15 is 0 Å². The molecule has 1 aliphatic rings. The lowest BCUT2D eigenvalue weighted by Gasteiger charge is -2.39. The first kappa shape index (κ1) is 20.6. The zero-order valence-electron chi connectivity index (χ0n) is 14.0. The van der Waals surface area contributed by atoms with Gasteiger partial charge in [0.1, 0.15) is 0 Å². The molecule has 23 heavy (non-hydrogen) atoms. The van der Waals surface area contributed by atoms with Crippen LogP contribution < -0.4 is 5.32 Å². The molecule has 0 aromatic carbocycles. The fraction of sp³-hybridized carbons (Fsp3) is 0.714. The lowest BCUT2D eigenvalue weighted by Crippen LogP contribution is -2.57. The summed E-state index contributed by atoms with van der Waals surface area (Å²) in [5.41, 5.74) is 0. The van der Waals surface area contributed by atoms with E-state index in [2.05, 4.69) is 15.3 Å². The number of aromatic nitrogens is 1. The Morgan fingerprint density at radius 1 is 1.52 bits per heavy atom. The highest BCUT2D eigenvalue weighted by Crippen LogP contribution is 2.24. The summed E-state index contributed by atoms with van der Waals surface area (Å²) < 4.78 is 23.5. The van der Waals surface area contributed by atoms with Crippen molar-refractivity contribution >= 4 is 51.1 Å². The molecular weight excluding hydrogens is 447 g/mol. The van der Waals surface area contributed by atoms with E-state index in [0.29, 0.717) is 19.6 Å². The molecule has 0 unspecified atom stereocenters. The van der Waals surface area contributed by atoms with Crippen molar-refractivity contribution < 1.29 is 8.42 Å². The van der Waals surface area contributed by atoms with Gasteiger partial charge in [-0.3, -0.25) is 0 Å². The molecule has 0 amide bonds. The number of hydrogen-bond acceptors (Lipinski definition) is 5. The Hall–Kier alpha value is -0.420. The molecule has 0 atom stereocenters. The van der Waals surface area contributed by atoms with E-state index in [1.165, 1.54) is 0 Å². The molecule has 0 spiro atoms. The summed E-state index contributed by atoms with van der Waals surface area (Å²) in [6, 6.07) is 0. The van der Waals surface area contributed by atoms with Gasteiger partial charge in [0.15, 0.2) is 15.8 Å². The van der Waals surface area contributed by atoms with Crippen LogP contribution in [0, 0.1) is 6.92 Å². The normalized spacial score (nSPS) is 20.0. The second kappa shape index (κ2) is 8.11. The molecule has 6 nitrogen and oxygen atoms in total. The van der Waals surface area contributed by atoms with Gasteiger partial charge in [-0.1, -0.05) is 0 Å². The third kappa shape index (κ3) is 5.02. The van der Waals surface area contributed by atoms with Crippen molar-refractivity contribution in [1.29, 1.82) is 0 Å². The van der Waals surface area contributed by atoms with Crippen LogP contribution in [0.1, 0.15) is 30.7 Å². The Labute approximate surface area is 159 Å². The molecule has 0 bridgehead atoms. The molecule has 2 rings (SSSR count).